The van der Waals surface area contributed by atoms with Gasteiger partial charge in [0, 0.05) is 19.6 Å². The Kier molecular flexibility index (Phi) is 3.46. The number of nitrogens with zero attached hydrogens (tertiary/aromatic N) is 2. The average Bonchev–Trinajstić information content (AvgIpc) is 2.03. The molecule has 0 unspecified atom stereocenters. The number of rotatable bonds is 3. The monoisotopic (exact) mass is 173 g/mol. The molecule has 1 heterocycles. The van der Waals surface area contributed by atoms with Crippen LogP contribution in [0.3, 0.4) is 0 Å². The Balaban J connectivity index is 2.26. The Bertz CT molecular complexity index is 132. The maximum absolute atomic E-state index is 11.9. The number of hydrogen-bond acceptors (Lipinski definition) is 3. The van der Waals surface area contributed by atoms with Gasteiger partial charge >= 0.3 is 0 Å². The van der Waals surface area contributed by atoms with E-state index in [0.717, 1.165) is 39.3 Å². The fraction of sp³-hybridized carbons (Fsp3) is 1.00. The molecule has 0 atom stereocenters. The molecule has 0 bridgehead atoms. The van der Waals surface area contributed by atoms with Crippen LogP contribution < -0.4 is 5.32 Å². The van der Waals surface area contributed by atoms with Gasteiger partial charge in [-0.2, -0.15) is 0 Å². The van der Waals surface area contributed by atoms with E-state index in [1.165, 1.54) is 0 Å². The minimum atomic E-state index is -0.00875. The smallest absolute Gasteiger partial charge is 0.0913 e. The van der Waals surface area contributed by atoms with E-state index in [1.54, 1.807) is 0 Å². The molecule has 1 fully saturated rings. The van der Waals surface area contributed by atoms with E-state index in [4.69, 9.17) is 0 Å². The molecule has 1 rings (SSSR count). The number of piperazine rings is 1. The van der Waals surface area contributed by atoms with Gasteiger partial charge in [-0.25, -0.2) is 0 Å². The van der Waals surface area contributed by atoms with Crippen LogP contribution >= 0.6 is 0 Å². The largest absolute Gasteiger partial charge is 0.633 e. The first-order valence-corrected chi connectivity index (χ1v) is 4.55. The van der Waals surface area contributed by atoms with Crippen molar-refractivity contribution in [1.29, 1.82) is 0 Å². The molecule has 0 aromatic rings. The van der Waals surface area contributed by atoms with E-state index < -0.39 is 0 Å². The topological polar surface area (TPSA) is 38.3 Å². The number of nitrogens with one attached hydrogen (secondary N) is 1. The second-order valence-corrected chi connectivity index (χ2v) is 3.78. The third-order valence-corrected chi connectivity index (χ3v) is 2.35. The molecule has 0 aromatic heterocycles. The zero-order valence-corrected chi connectivity index (χ0v) is 8.05. The average molecular weight is 173 g/mol. The van der Waals surface area contributed by atoms with Crippen molar-refractivity contribution in [2.75, 3.05) is 53.4 Å². The first-order valence-electron chi connectivity index (χ1n) is 4.55. The second kappa shape index (κ2) is 4.18. The lowest BCUT2D eigenvalue weighted by Crippen LogP contribution is -2.56. The zero-order valence-electron chi connectivity index (χ0n) is 8.05. The van der Waals surface area contributed by atoms with Gasteiger partial charge < -0.3 is 20.1 Å². The molecule has 1 N–H and O–H groups in total. The van der Waals surface area contributed by atoms with Crippen LogP contribution in [0.5, 0.6) is 0 Å². The van der Waals surface area contributed by atoms with Crippen molar-refractivity contribution in [3.63, 3.8) is 0 Å². The summed E-state index contributed by atoms with van der Waals surface area (Å²) in [4.78, 5) is 2.07. The molecule has 4 heteroatoms. The highest BCUT2D eigenvalue weighted by Gasteiger charge is 2.19. The fourth-order valence-corrected chi connectivity index (χ4v) is 1.41. The minimum absolute atomic E-state index is 0.00875. The van der Waals surface area contributed by atoms with Crippen LogP contribution in [0.4, 0.5) is 0 Å². The molecule has 1 aliphatic rings. The van der Waals surface area contributed by atoms with Crippen LogP contribution in [0.2, 0.25) is 0 Å². The summed E-state index contributed by atoms with van der Waals surface area (Å²) in [6.45, 7) is 4.83. The van der Waals surface area contributed by atoms with Gasteiger partial charge in [0.05, 0.1) is 19.6 Å². The van der Waals surface area contributed by atoms with Crippen molar-refractivity contribution in [3.05, 3.63) is 5.21 Å². The first kappa shape index (κ1) is 9.92. The number of quaternary nitrogens is 1. The first-order chi connectivity index (χ1) is 5.62. The van der Waals surface area contributed by atoms with Crippen molar-refractivity contribution < 1.29 is 4.65 Å². The number of likely N-dealkylation sites (N-methyl/N-ethyl adjacent to an activating group) is 1. The summed E-state index contributed by atoms with van der Waals surface area (Å²) in [6, 6.07) is 0. The lowest BCUT2D eigenvalue weighted by Gasteiger charge is -2.46. The quantitative estimate of drug-likeness (QED) is 0.460. The lowest BCUT2D eigenvalue weighted by atomic mass is 10.3. The molecule has 12 heavy (non-hydrogen) atoms. The maximum Gasteiger partial charge on any atom is 0.0913 e. The summed E-state index contributed by atoms with van der Waals surface area (Å²) in [6.07, 6.45) is 0. The van der Waals surface area contributed by atoms with Gasteiger partial charge in [0.2, 0.25) is 0 Å². The molecule has 72 valence electrons. The Labute approximate surface area is 74.3 Å². The van der Waals surface area contributed by atoms with Crippen LogP contribution in [-0.2, 0) is 0 Å². The highest BCUT2D eigenvalue weighted by molar-refractivity contribution is 4.58. The van der Waals surface area contributed by atoms with Gasteiger partial charge in [0.25, 0.3) is 0 Å². The maximum atomic E-state index is 11.9. The van der Waals surface area contributed by atoms with Crippen molar-refractivity contribution in [1.82, 2.24) is 10.2 Å². The summed E-state index contributed by atoms with van der Waals surface area (Å²) in [7, 11) is 4.02. The normalized spacial score (nSPS) is 23.0. The predicted octanol–water partition coefficient (Wildman–Crippen LogP) is -0.534. The molecule has 0 saturated carbocycles. The third kappa shape index (κ3) is 3.06. The Morgan fingerprint density at radius 3 is 2.42 bits per heavy atom. The molecule has 0 spiro atoms. The van der Waals surface area contributed by atoms with E-state index in [2.05, 4.69) is 10.2 Å². The highest BCUT2D eigenvalue weighted by Crippen LogP contribution is 2.05. The Morgan fingerprint density at radius 1 is 1.33 bits per heavy atom. The fourth-order valence-electron chi connectivity index (χ4n) is 1.41. The van der Waals surface area contributed by atoms with E-state index in [0.29, 0.717) is 0 Å². The summed E-state index contributed by atoms with van der Waals surface area (Å²) < 4.78 is -0.00875. The minimum Gasteiger partial charge on any atom is -0.633 e. The van der Waals surface area contributed by atoms with Gasteiger partial charge in [0.15, 0.2) is 0 Å². The van der Waals surface area contributed by atoms with Crippen LogP contribution in [0.1, 0.15) is 0 Å². The van der Waals surface area contributed by atoms with Crippen molar-refractivity contribution >= 4 is 0 Å². The summed E-state index contributed by atoms with van der Waals surface area (Å²) in [5.41, 5.74) is 0. The molecule has 4 nitrogen and oxygen atoms in total. The van der Waals surface area contributed by atoms with Gasteiger partial charge in [-0.1, -0.05) is 0 Å². The molecule has 0 aromatic carbocycles. The van der Waals surface area contributed by atoms with Gasteiger partial charge in [-0.3, -0.25) is 0 Å². The molecule has 0 amide bonds. The lowest BCUT2D eigenvalue weighted by molar-refractivity contribution is -0.881. The number of hydroxylamine groups is 3. The van der Waals surface area contributed by atoms with Crippen LogP contribution in [0.25, 0.3) is 0 Å². The third-order valence-electron chi connectivity index (χ3n) is 2.35. The van der Waals surface area contributed by atoms with E-state index in [1.807, 2.05) is 14.1 Å². The van der Waals surface area contributed by atoms with E-state index >= 15 is 0 Å². The molecular formula is C8H19N3O. The van der Waals surface area contributed by atoms with Crippen LogP contribution in [0.15, 0.2) is 0 Å². The predicted molar refractivity (Wildman–Crippen MR) is 49.7 cm³/mol. The van der Waals surface area contributed by atoms with Gasteiger partial charge in [-0.05, 0) is 14.1 Å². The summed E-state index contributed by atoms with van der Waals surface area (Å²) >= 11 is 0. The molecule has 0 aliphatic carbocycles. The number of hydrogen-bond donors (Lipinski definition) is 1. The Hall–Kier alpha value is -0.160. The van der Waals surface area contributed by atoms with Crippen LogP contribution in [0, 0.1) is 5.21 Å². The standard InChI is InChI=1S/C8H19N3O/c1-10(2)5-8-11(12)6-3-9-4-7-11/h9H,3-8H2,1-2H3. The van der Waals surface area contributed by atoms with Crippen molar-refractivity contribution in [2.24, 2.45) is 0 Å². The van der Waals surface area contributed by atoms with Gasteiger partial charge in [0.1, 0.15) is 0 Å². The SMILES string of the molecule is CN(C)CC[N+]1([O-])CCNCC1. The molecular weight excluding hydrogens is 154 g/mol. The van der Waals surface area contributed by atoms with E-state index in [9.17, 15) is 5.21 Å². The van der Waals surface area contributed by atoms with Crippen LogP contribution in [-0.4, -0.2) is 62.9 Å². The van der Waals surface area contributed by atoms with E-state index in [-0.39, 0.29) is 4.65 Å². The van der Waals surface area contributed by atoms with Gasteiger partial charge in [-0.15, -0.1) is 0 Å². The molecule has 0 radical (unpaired) electrons. The second-order valence-electron chi connectivity index (χ2n) is 3.78. The summed E-state index contributed by atoms with van der Waals surface area (Å²) in [5.74, 6) is 0. The highest BCUT2D eigenvalue weighted by atomic mass is 16.5. The zero-order chi connectivity index (χ0) is 9.03. The van der Waals surface area contributed by atoms with Crippen molar-refractivity contribution in [3.8, 4) is 0 Å². The Morgan fingerprint density at radius 2 is 1.92 bits per heavy atom. The molecule has 1 saturated heterocycles. The van der Waals surface area contributed by atoms with Crippen molar-refractivity contribution in [2.45, 2.75) is 0 Å². The molecule has 1 aliphatic heterocycles. The summed E-state index contributed by atoms with van der Waals surface area (Å²) in [5, 5.41) is 15.1.